The van der Waals surface area contributed by atoms with E-state index in [1.807, 2.05) is 39.1 Å². The third-order valence-electron chi connectivity index (χ3n) is 4.39. The van der Waals surface area contributed by atoms with Crippen LogP contribution in [0.15, 0.2) is 24.4 Å². The van der Waals surface area contributed by atoms with E-state index in [-0.39, 0.29) is 6.09 Å². The Balaban J connectivity index is 1.72. The molecule has 2 aromatic rings. The van der Waals surface area contributed by atoms with Crippen LogP contribution in [0.25, 0.3) is 5.65 Å². The molecule has 7 nitrogen and oxygen atoms in total. The van der Waals surface area contributed by atoms with Crippen LogP contribution >= 0.6 is 0 Å². The molecule has 2 aromatic heterocycles. The van der Waals surface area contributed by atoms with Gasteiger partial charge in [0, 0.05) is 38.8 Å². The maximum Gasteiger partial charge on any atom is 0.410 e. The maximum atomic E-state index is 12.3. The lowest BCUT2D eigenvalue weighted by atomic mass is 10.0. The van der Waals surface area contributed by atoms with Crippen molar-refractivity contribution in [2.24, 2.45) is 0 Å². The third kappa shape index (κ3) is 4.91. The number of anilines is 1. The first-order chi connectivity index (χ1) is 12.5. The van der Waals surface area contributed by atoms with E-state index in [1.165, 1.54) is 0 Å². The fraction of sp³-hybridized carbons (Fsp3) is 0.600. The molecule has 3 heterocycles. The number of carbonyl (C=O) groups excluding carboxylic acids is 1. The number of amides is 1. The minimum atomic E-state index is -0.795. The van der Waals surface area contributed by atoms with Crippen LogP contribution in [0, 0.1) is 0 Å². The molecule has 0 radical (unpaired) electrons. The van der Waals surface area contributed by atoms with E-state index >= 15 is 0 Å². The van der Waals surface area contributed by atoms with Crippen LogP contribution < -0.4 is 4.90 Å². The van der Waals surface area contributed by atoms with Crippen LogP contribution in [0.2, 0.25) is 0 Å². The number of fused-ring (bicyclic) bond motifs is 1. The molecule has 1 amide bonds. The van der Waals surface area contributed by atoms with Gasteiger partial charge in [0.25, 0.3) is 0 Å². The van der Waals surface area contributed by atoms with E-state index in [9.17, 15) is 9.90 Å². The van der Waals surface area contributed by atoms with Crippen molar-refractivity contribution in [2.45, 2.75) is 52.2 Å². The van der Waals surface area contributed by atoms with Crippen molar-refractivity contribution in [3.63, 3.8) is 0 Å². The van der Waals surface area contributed by atoms with Crippen LogP contribution in [0.1, 0.15) is 40.3 Å². The second kappa shape index (κ2) is 7.03. The lowest BCUT2D eigenvalue weighted by Gasteiger charge is -2.36. The van der Waals surface area contributed by atoms with Crippen molar-refractivity contribution in [3.8, 4) is 0 Å². The minimum absolute atomic E-state index is 0.254. The number of piperazine rings is 1. The molecular weight excluding hydrogens is 344 g/mol. The van der Waals surface area contributed by atoms with Gasteiger partial charge in [-0.2, -0.15) is 0 Å². The number of nitrogens with zero attached hydrogens (tertiary/aromatic N) is 4. The molecule has 1 saturated heterocycles. The highest BCUT2D eigenvalue weighted by Gasteiger charge is 2.27. The molecule has 0 aliphatic carbocycles. The van der Waals surface area contributed by atoms with Gasteiger partial charge in [0.15, 0.2) is 0 Å². The summed E-state index contributed by atoms with van der Waals surface area (Å²) in [5.41, 5.74) is 0.452. The molecule has 0 saturated carbocycles. The first-order valence-electron chi connectivity index (χ1n) is 9.44. The molecule has 3 rings (SSSR count). The van der Waals surface area contributed by atoms with E-state index in [4.69, 9.17) is 4.74 Å². The van der Waals surface area contributed by atoms with Crippen molar-refractivity contribution in [2.75, 3.05) is 31.1 Å². The Labute approximate surface area is 160 Å². The Hall–Kier alpha value is -2.28. The van der Waals surface area contributed by atoms with Crippen molar-refractivity contribution < 1.29 is 14.6 Å². The molecule has 0 unspecified atom stereocenters. The monoisotopic (exact) mass is 374 g/mol. The van der Waals surface area contributed by atoms with Gasteiger partial charge < -0.3 is 19.6 Å². The number of aromatic nitrogens is 2. The number of ether oxygens (including phenoxy) is 1. The Morgan fingerprint density at radius 1 is 1.15 bits per heavy atom. The summed E-state index contributed by atoms with van der Waals surface area (Å²) < 4.78 is 7.53. The Bertz CT molecular complexity index is 809. The molecule has 1 fully saturated rings. The summed E-state index contributed by atoms with van der Waals surface area (Å²) in [6.45, 7) is 11.9. The highest BCUT2D eigenvalue weighted by Crippen LogP contribution is 2.22. The van der Waals surface area contributed by atoms with Crippen LogP contribution in [0.3, 0.4) is 0 Å². The minimum Gasteiger partial charge on any atom is -0.444 e. The van der Waals surface area contributed by atoms with Crippen LogP contribution in [0.4, 0.5) is 10.6 Å². The summed E-state index contributed by atoms with van der Waals surface area (Å²) in [6.07, 6.45) is 2.24. The van der Waals surface area contributed by atoms with Gasteiger partial charge in [-0.3, -0.25) is 4.40 Å². The van der Waals surface area contributed by atoms with Gasteiger partial charge in [0.1, 0.15) is 17.1 Å². The van der Waals surface area contributed by atoms with E-state index < -0.39 is 11.2 Å². The molecule has 0 bridgehead atoms. The molecule has 0 atom stereocenters. The summed E-state index contributed by atoms with van der Waals surface area (Å²) in [7, 11) is 0. The van der Waals surface area contributed by atoms with Gasteiger partial charge in [-0.15, -0.1) is 0 Å². The van der Waals surface area contributed by atoms with Crippen LogP contribution in [-0.2, 0) is 11.2 Å². The summed E-state index contributed by atoms with van der Waals surface area (Å²) in [5.74, 6) is 1.05. The lowest BCUT2D eigenvalue weighted by Crippen LogP contribution is -2.50. The Morgan fingerprint density at radius 2 is 1.81 bits per heavy atom. The number of hydrogen-bond donors (Lipinski definition) is 1. The van der Waals surface area contributed by atoms with Gasteiger partial charge in [0.05, 0.1) is 11.3 Å². The number of rotatable bonds is 3. The average molecular weight is 374 g/mol. The molecule has 148 valence electrons. The molecular formula is C20H30N4O3. The fourth-order valence-corrected chi connectivity index (χ4v) is 3.28. The molecule has 1 aliphatic heterocycles. The number of aliphatic hydroxyl groups is 1. The average Bonchev–Trinajstić information content (AvgIpc) is 2.93. The highest BCUT2D eigenvalue weighted by molar-refractivity contribution is 5.68. The molecule has 27 heavy (non-hydrogen) atoms. The van der Waals surface area contributed by atoms with Gasteiger partial charge in [-0.05, 0) is 46.8 Å². The van der Waals surface area contributed by atoms with Gasteiger partial charge in [0.2, 0.25) is 0 Å². The summed E-state index contributed by atoms with van der Waals surface area (Å²) in [6, 6.07) is 6.02. The molecule has 0 aromatic carbocycles. The molecule has 7 heteroatoms. The van der Waals surface area contributed by atoms with E-state index in [0.717, 1.165) is 30.2 Å². The second-order valence-corrected chi connectivity index (χ2v) is 8.79. The second-order valence-electron chi connectivity index (χ2n) is 8.79. The molecule has 0 spiro atoms. The smallest absolute Gasteiger partial charge is 0.410 e. The van der Waals surface area contributed by atoms with Gasteiger partial charge >= 0.3 is 6.09 Å². The SMILES string of the molecule is CC(C)(O)Cc1cn2c(N3CCN(C(=O)OC(C)(C)C)CC3)cccc2n1. The van der Waals surface area contributed by atoms with Crippen molar-refractivity contribution in [3.05, 3.63) is 30.1 Å². The van der Waals surface area contributed by atoms with Gasteiger partial charge in [-0.1, -0.05) is 6.07 Å². The summed E-state index contributed by atoms with van der Waals surface area (Å²) in [4.78, 5) is 20.9. The standard InChI is InChI=1S/C20H30N4O3/c1-19(2,3)27-18(25)23-11-9-22(10-12-23)17-8-6-7-16-21-15(14-24(16)17)13-20(4,5)26/h6-8,14,26H,9-13H2,1-5H3. The van der Waals surface area contributed by atoms with Crippen LogP contribution in [0.5, 0.6) is 0 Å². The summed E-state index contributed by atoms with van der Waals surface area (Å²) >= 11 is 0. The number of pyridine rings is 1. The van der Waals surface area contributed by atoms with Crippen molar-refractivity contribution in [1.82, 2.24) is 14.3 Å². The predicted molar refractivity (Wildman–Crippen MR) is 105 cm³/mol. The fourth-order valence-electron chi connectivity index (χ4n) is 3.28. The zero-order valence-corrected chi connectivity index (χ0v) is 16.9. The van der Waals surface area contributed by atoms with Gasteiger partial charge in [-0.25, -0.2) is 9.78 Å². The van der Waals surface area contributed by atoms with E-state index in [2.05, 4.69) is 20.4 Å². The maximum absolute atomic E-state index is 12.3. The highest BCUT2D eigenvalue weighted by atomic mass is 16.6. The topological polar surface area (TPSA) is 70.3 Å². The van der Waals surface area contributed by atoms with E-state index in [0.29, 0.717) is 19.5 Å². The Morgan fingerprint density at radius 3 is 2.41 bits per heavy atom. The predicted octanol–water partition coefficient (Wildman–Crippen LogP) is 2.70. The normalized spacial score (nSPS) is 16.1. The quantitative estimate of drug-likeness (QED) is 0.894. The lowest BCUT2D eigenvalue weighted by molar-refractivity contribution is 0.0240. The zero-order chi connectivity index (χ0) is 19.8. The first-order valence-corrected chi connectivity index (χ1v) is 9.44. The van der Waals surface area contributed by atoms with Crippen LogP contribution in [-0.4, -0.2) is 62.9 Å². The van der Waals surface area contributed by atoms with Crippen molar-refractivity contribution >= 4 is 17.6 Å². The summed E-state index contributed by atoms with van der Waals surface area (Å²) in [5, 5.41) is 10.1. The first kappa shape index (κ1) is 19.5. The molecule has 1 aliphatic rings. The number of hydrogen-bond acceptors (Lipinski definition) is 5. The zero-order valence-electron chi connectivity index (χ0n) is 16.9. The third-order valence-corrected chi connectivity index (χ3v) is 4.39. The largest absolute Gasteiger partial charge is 0.444 e. The molecule has 1 N–H and O–H groups in total. The van der Waals surface area contributed by atoms with E-state index in [1.54, 1.807) is 18.7 Å². The Kier molecular flexibility index (Phi) is 5.08. The van der Waals surface area contributed by atoms with Crippen molar-refractivity contribution in [1.29, 1.82) is 0 Å². The number of imidazole rings is 1. The number of carbonyl (C=O) groups is 1.